The molecule has 0 bridgehead atoms. The van der Waals surface area contributed by atoms with Crippen molar-refractivity contribution >= 4 is 11.9 Å². The van der Waals surface area contributed by atoms with Crippen LogP contribution in [0.1, 0.15) is 45.3 Å². The molecule has 1 N–H and O–H groups in total. The first kappa shape index (κ1) is 18.9. The standard InChI is InChI=1S/C20H20FN5O3/c1-13-10-15(21)2-3-18(13)25-9-6-17(23-25)19(27)24-7-4-16(5-8-24)26-12-14(11-22-26)20(28)29/h2-3,6,9-12,16H,4-5,7-8H2,1H3,(H,28,29). The summed E-state index contributed by atoms with van der Waals surface area (Å²) in [4.78, 5) is 25.6. The van der Waals surface area contributed by atoms with Crippen LogP contribution in [0.4, 0.5) is 4.39 Å². The fourth-order valence-electron chi connectivity index (χ4n) is 3.59. The van der Waals surface area contributed by atoms with E-state index in [2.05, 4.69) is 10.2 Å². The first-order chi connectivity index (χ1) is 13.9. The number of hydrogen-bond acceptors (Lipinski definition) is 4. The van der Waals surface area contributed by atoms with E-state index in [1.54, 1.807) is 39.5 Å². The summed E-state index contributed by atoms with van der Waals surface area (Å²) in [6.07, 6.45) is 5.92. The Morgan fingerprint density at radius 1 is 1.21 bits per heavy atom. The summed E-state index contributed by atoms with van der Waals surface area (Å²) in [6, 6.07) is 6.14. The summed E-state index contributed by atoms with van der Waals surface area (Å²) in [5, 5.41) is 17.5. The molecule has 0 atom stereocenters. The Balaban J connectivity index is 1.42. The molecule has 4 rings (SSSR count). The van der Waals surface area contributed by atoms with E-state index in [-0.39, 0.29) is 23.3 Å². The van der Waals surface area contributed by atoms with E-state index >= 15 is 0 Å². The molecular formula is C20H20FN5O3. The molecule has 1 fully saturated rings. The summed E-state index contributed by atoms with van der Waals surface area (Å²) in [6.45, 7) is 2.86. The summed E-state index contributed by atoms with van der Waals surface area (Å²) in [7, 11) is 0. The van der Waals surface area contributed by atoms with Crippen LogP contribution in [-0.2, 0) is 0 Å². The lowest BCUT2D eigenvalue weighted by molar-refractivity contribution is 0.0682. The van der Waals surface area contributed by atoms with E-state index < -0.39 is 5.97 Å². The summed E-state index contributed by atoms with van der Waals surface area (Å²) in [5.74, 6) is -1.48. The van der Waals surface area contributed by atoms with Crippen molar-refractivity contribution in [3.63, 3.8) is 0 Å². The van der Waals surface area contributed by atoms with Gasteiger partial charge in [0.25, 0.3) is 5.91 Å². The van der Waals surface area contributed by atoms with Crippen LogP contribution in [0.5, 0.6) is 0 Å². The van der Waals surface area contributed by atoms with Gasteiger partial charge in [-0.05, 0) is 49.6 Å². The second kappa shape index (κ2) is 7.50. The van der Waals surface area contributed by atoms with E-state index in [1.165, 1.54) is 24.5 Å². The SMILES string of the molecule is Cc1cc(F)ccc1-n1ccc(C(=O)N2CCC(n3cc(C(=O)O)cn3)CC2)n1. The third kappa shape index (κ3) is 3.75. The number of rotatable bonds is 4. The highest BCUT2D eigenvalue weighted by Crippen LogP contribution is 2.23. The van der Waals surface area contributed by atoms with E-state index in [1.807, 2.05) is 0 Å². The van der Waals surface area contributed by atoms with Crippen LogP contribution < -0.4 is 0 Å². The van der Waals surface area contributed by atoms with Crippen molar-refractivity contribution in [3.8, 4) is 5.69 Å². The lowest BCUT2D eigenvalue weighted by Gasteiger charge is -2.31. The Morgan fingerprint density at radius 3 is 2.62 bits per heavy atom. The number of aromatic carboxylic acids is 1. The van der Waals surface area contributed by atoms with E-state index in [4.69, 9.17) is 5.11 Å². The molecule has 2 aromatic heterocycles. The molecule has 3 aromatic rings. The molecule has 0 spiro atoms. The Bertz CT molecular complexity index is 1070. The highest BCUT2D eigenvalue weighted by molar-refractivity contribution is 5.92. The predicted octanol–water partition coefficient (Wildman–Crippen LogP) is 2.69. The number of aromatic nitrogens is 4. The molecule has 0 aliphatic carbocycles. The molecule has 1 aliphatic heterocycles. The monoisotopic (exact) mass is 397 g/mol. The van der Waals surface area contributed by atoms with Crippen LogP contribution in [0.15, 0.2) is 42.9 Å². The van der Waals surface area contributed by atoms with Crippen molar-refractivity contribution in [2.75, 3.05) is 13.1 Å². The van der Waals surface area contributed by atoms with Gasteiger partial charge in [-0.2, -0.15) is 10.2 Å². The zero-order valence-electron chi connectivity index (χ0n) is 15.8. The number of amides is 1. The smallest absolute Gasteiger partial charge is 0.338 e. The molecule has 8 nitrogen and oxygen atoms in total. The maximum atomic E-state index is 13.3. The lowest BCUT2D eigenvalue weighted by Crippen LogP contribution is -2.39. The number of aryl methyl sites for hydroxylation is 1. The minimum Gasteiger partial charge on any atom is -0.478 e. The minimum absolute atomic E-state index is 0.0616. The zero-order chi connectivity index (χ0) is 20.5. The highest BCUT2D eigenvalue weighted by atomic mass is 19.1. The molecule has 0 unspecified atom stereocenters. The maximum Gasteiger partial charge on any atom is 0.338 e. The number of halogens is 1. The van der Waals surface area contributed by atoms with Gasteiger partial charge in [0, 0.05) is 25.5 Å². The Morgan fingerprint density at radius 2 is 1.97 bits per heavy atom. The van der Waals surface area contributed by atoms with Crippen molar-refractivity contribution < 1.29 is 19.1 Å². The second-order valence-electron chi connectivity index (χ2n) is 7.11. The number of carbonyl (C=O) groups is 2. The molecule has 0 saturated carbocycles. The zero-order valence-corrected chi connectivity index (χ0v) is 15.8. The number of piperidine rings is 1. The van der Waals surface area contributed by atoms with Crippen molar-refractivity contribution in [2.45, 2.75) is 25.8 Å². The van der Waals surface area contributed by atoms with Gasteiger partial charge in [0.05, 0.1) is 23.5 Å². The molecule has 1 aromatic carbocycles. The number of carboxylic acid groups (broad SMARTS) is 1. The first-order valence-corrected chi connectivity index (χ1v) is 9.31. The van der Waals surface area contributed by atoms with Gasteiger partial charge >= 0.3 is 5.97 Å². The Kier molecular flexibility index (Phi) is 4.87. The van der Waals surface area contributed by atoms with Gasteiger partial charge in [-0.3, -0.25) is 9.48 Å². The van der Waals surface area contributed by atoms with E-state index in [9.17, 15) is 14.0 Å². The van der Waals surface area contributed by atoms with Crippen LogP contribution in [0.2, 0.25) is 0 Å². The normalized spacial score (nSPS) is 14.9. The minimum atomic E-state index is -1.00. The molecule has 150 valence electrons. The fourth-order valence-corrected chi connectivity index (χ4v) is 3.59. The van der Waals surface area contributed by atoms with Gasteiger partial charge in [-0.15, -0.1) is 0 Å². The summed E-state index contributed by atoms with van der Waals surface area (Å²) >= 11 is 0. The van der Waals surface area contributed by atoms with Crippen LogP contribution >= 0.6 is 0 Å². The second-order valence-corrected chi connectivity index (χ2v) is 7.11. The number of likely N-dealkylation sites (tertiary alicyclic amines) is 1. The van der Waals surface area contributed by atoms with Gasteiger partial charge < -0.3 is 10.0 Å². The number of carboxylic acids is 1. The Hall–Kier alpha value is -3.49. The van der Waals surface area contributed by atoms with Crippen molar-refractivity contribution in [2.24, 2.45) is 0 Å². The fraction of sp³-hybridized carbons (Fsp3) is 0.300. The van der Waals surface area contributed by atoms with E-state index in [0.717, 1.165) is 11.3 Å². The van der Waals surface area contributed by atoms with Gasteiger partial charge in [-0.25, -0.2) is 13.9 Å². The molecule has 9 heteroatoms. The third-order valence-electron chi connectivity index (χ3n) is 5.19. The summed E-state index contributed by atoms with van der Waals surface area (Å²) in [5.41, 5.74) is 1.94. The van der Waals surface area contributed by atoms with Crippen LogP contribution in [0.25, 0.3) is 5.69 Å². The molecule has 1 amide bonds. The lowest BCUT2D eigenvalue weighted by atomic mass is 10.0. The molecule has 0 radical (unpaired) electrons. The average molecular weight is 397 g/mol. The quantitative estimate of drug-likeness (QED) is 0.731. The number of nitrogens with zero attached hydrogens (tertiary/aromatic N) is 5. The van der Waals surface area contributed by atoms with Gasteiger partial charge in [-0.1, -0.05) is 0 Å². The van der Waals surface area contributed by atoms with E-state index in [0.29, 0.717) is 31.6 Å². The van der Waals surface area contributed by atoms with Gasteiger partial charge in [0.1, 0.15) is 5.82 Å². The highest BCUT2D eigenvalue weighted by Gasteiger charge is 2.26. The summed E-state index contributed by atoms with van der Waals surface area (Å²) < 4.78 is 16.5. The van der Waals surface area contributed by atoms with Crippen LogP contribution in [0.3, 0.4) is 0 Å². The van der Waals surface area contributed by atoms with Crippen molar-refractivity contribution in [1.82, 2.24) is 24.5 Å². The van der Waals surface area contributed by atoms with Crippen LogP contribution in [-0.4, -0.2) is 54.5 Å². The first-order valence-electron chi connectivity index (χ1n) is 9.31. The third-order valence-corrected chi connectivity index (χ3v) is 5.19. The van der Waals surface area contributed by atoms with Crippen molar-refractivity contribution in [1.29, 1.82) is 0 Å². The topological polar surface area (TPSA) is 93.2 Å². The Labute approximate surface area is 166 Å². The number of benzene rings is 1. The largest absolute Gasteiger partial charge is 0.478 e. The predicted molar refractivity (Wildman–Crippen MR) is 102 cm³/mol. The van der Waals surface area contributed by atoms with Crippen molar-refractivity contribution in [3.05, 3.63) is 65.5 Å². The number of carbonyl (C=O) groups excluding carboxylic acids is 1. The molecule has 1 saturated heterocycles. The maximum absolute atomic E-state index is 13.3. The molecule has 1 aliphatic rings. The number of hydrogen-bond donors (Lipinski definition) is 1. The molecule has 3 heterocycles. The average Bonchev–Trinajstić information content (AvgIpc) is 3.38. The van der Waals surface area contributed by atoms with Gasteiger partial charge in [0.15, 0.2) is 5.69 Å². The van der Waals surface area contributed by atoms with Crippen LogP contribution in [0, 0.1) is 12.7 Å². The molecular weight excluding hydrogens is 377 g/mol. The van der Waals surface area contributed by atoms with Gasteiger partial charge in [0.2, 0.25) is 0 Å². The molecule has 29 heavy (non-hydrogen) atoms.